The van der Waals surface area contributed by atoms with E-state index in [1.165, 1.54) is 9.91 Å². The minimum Gasteiger partial charge on any atom is -0.365 e. The molecule has 0 saturated carbocycles. The molecule has 1 heterocycles. The van der Waals surface area contributed by atoms with Gasteiger partial charge in [0.05, 0.1) is 6.17 Å². The number of aliphatic hydroxyl groups is 1. The van der Waals surface area contributed by atoms with Gasteiger partial charge in [-0.3, -0.25) is 15.1 Å². The van der Waals surface area contributed by atoms with Gasteiger partial charge in [-0.25, -0.2) is 0 Å². The van der Waals surface area contributed by atoms with Crippen molar-refractivity contribution in [3.63, 3.8) is 0 Å². The molecule has 3 atom stereocenters. The normalized spacial score (nSPS) is 24.8. The first-order valence-electron chi connectivity index (χ1n) is 4.98. The average molecular weight is 230 g/mol. The summed E-state index contributed by atoms with van der Waals surface area (Å²) in [5.74, 6) is -0.0710. The lowest BCUT2D eigenvalue weighted by atomic mass is 10.4. The zero-order chi connectivity index (χ0) is 12.3. The number of aliphatic hydroxyl groups excluding tert-OH is 1. The molecular weight excluding hydrogens is 212 g/mol. The summed E-state index contributed by atoms with van der Waals surface area (Å²) in [7, 11) is 3.35. The lowest BCUT2D eigenvalue weighted by Crippen LogP contribution is -2.46. The van der Waals surface area contributed by atoms with Crippen LogP contribution in [0.15, 0.2) is 5.10 Å². The lowest BCUT2D eigenvalue weighted by Gasteiger charge is -2.26. The van der Waals surface area contributed by atoms with Gasteiger partial charge in [0.25, 0.3) is 0 Å². The fourth-order valence-electron chi connectivity index (χ4n) is 1.14. The highest BCUT2D eigenvalue weighted by Crippen LogP contribution is 2.16. The van der Waals surface area contributed by atoms with Crippen LogP contribution in [-0.4, -0.2) is 67.0 Å². The summed E-state index contributed by atoms with van der Waals surface area (Å²) in [5, 5.41) is 17.2. The highest BCUT2D eigenvalue weighted by atomic mass is 16.7. The van der Waals surface area contributed by atoms with Crippen LogP contribution in [0.25, 0.3) is 0 Å². The predicted molar refractivity (Wildman–Crippen MR) is 58.4 cm³/mol. The molecule has 1 fully saturated rings. The first-order valence-corrected chi connectivity index (χ1v) is 4.98. The van der Waals surface area contributed by atoms with Gasteiger partial charge in [0.2, 0.25) is 5.91 Å². The Kier molecular flexibility index (Phi) is 4.22. The summed E-state index contributed by atoms with van der Waals surface area (Å²) in [5.41, 5.74) is 0. The van der Waals surface area contributed by atoms with Crippen molar-refractivity contribution >= 4 is 12.6 Å². The van der Waals surface area contributed by atoms with E-state index >= 15 is 0 Å². The molecule has 3 unspecified atom stereocenters. The topological polar surface area (TPSA) is 80.7 Å². The van der Waals surface area contributed by atoms with Crippen molar-refractivity contribution < 1.29 is 14.6 Å². The highest BCUT2D eigenvalue weighted by Gasteiger charge is 2.38. The smallest absolute Gasteiger partial charge is 0.243 e. The number of nitrogens with zero attached hydrogens (tertiary/aromatic N) is 3. The molecule has 92 valence electrons. The third kappa shape index (κ3) is 3.44. The van der Waals surface area contributed by atoms with Crippen molar-refractivity contribution in [1.29, 1.82) is 0 Å². The first-order chi connectivity index (χ1) is 7.45. The molecule has 0 aromatic carbocycles. The summed E-state index contributed by atoms with van der Waals surface area (Å²) >= 11 is 0. The Morgan fingerprint density at radius 2 is 2.25 bits per heavy atom. The summed E-state index contributed by atoms with van der Waals surface area (Å²) in [6.07, 6.45) is -1.38. The molecule has 0 spiro atoms. The van der Waals surface area contributed by atoms with Crippen molar-refractivity contribution in [3.05, 3.63) is 0 Å². The van der Waals surface area contributed by atoms with Gasteiger partial charge >= 0.3 is 0 Å². The van der Waals surface area contributed by atoms with Crippen LogP contribution in [0.2, 0.25) is 0 Å². The molecule has 7 heteroatoms. The van der Waals surface area contributed by atoms with E-state index in [9.17, 15) is 4.79 Å². The fraction of sp³-hybridized carbons (Fsp3) is 0.778. The molecule has 1 amide bonds. The molecule has 1 aliphatic heterocycles. The number of ether oxygens (including phenoxy) is 1. The molecule has 2 N–H and O–H groups in total. The molecular formula is C9H18N4O3. The highest BCUT2D eigenvalue weighted by molar-refractivity contribution is 5.77. The predicted octanol–water partition coefficient (Wildman–Crippen LogP) is -1.40. The Labute approximate surface area is 94.7 Å². The van der Waals surface area contributed by atoms with Crippen LogP contribution in [0.5, 0.6) is 0 Å². The van der Waals surface area contributed by atoms with Crippen LogP contribution in [0.1, 0.15) is 6.92 Å². The van der Waals surface area contributed by atoms with E-state index in [1.54, 1.807) is 14.1 Å². The zero-order valence-electron chi connectivity index (χ0n) is 9.75. The molecule has 0 aromatic rings. The largest absolute Gasteiger partial charge is 0.365 e. The number of likely N-dealkylation sites (N-methyl/N-ethyl adjacent to an activating group) is 1. The Bertz CT molecular complexity index is 271. The maximum atomic E-state index is 11.5. The summed E-state index contributed by atoms with van der Waals surface area (Å²) in [4.78, 5) is 12.9. The number of carbonyl (C=O) groups is 1. The Morgan fingerprint density at radius 1 is 1.69 bits per heavy atom. The third-order valence-corrected chi connectivity index (χ3v) is 2.30. The van der Waals surface area contributed by atoms with Gasteiger partial charge in [-0.15, -0.1) is 0 Å². The number of hydrogen-bond acceptors (Lipinski definition) is 6. The van der Waals surface area contributed by atoms with E-state index in [0.29, 0.717) is 0 Å². The van der Waals surface area contributed by atoms with Crippen molar-refractivity contribution in [3.8, 4) is 0 Å². The van der Waals surface area contributed by atoms with Gasteiger partial charge in [-0.1, -0.05) is 0 Å². The second-order valence-corrected chi connectivity index (χ2v) is 3.82. The van der Waals surface area contributed by atoms with Crippen LogP contribution < -0.4 is 5.32 Å². The monoisotopic (exact) mass is 230 g/mol. The number of amides is 1. The fourth-order valence-corrected chi connectivity index (χ4v) is 1.14. The molecule has 1 aliphatic rings. The number of carbonyl (C=O) groups excluding carboxylic acids is 1. The maximum absolute atomic E-state index is 11.5. The molecule has 1 rings (SSSR count). The van der Waals surface area contributed by atoms with E-state index in [0.717, 1.165) is 0 Å². The van der Waals surface area contributed by atoms with E-state index in [2.05, 4.69) is 17.1 Å². The van der Waals surface area contributed by atoms with E-state index < -0.39 is 6.29 Å². The molecule has 0 radical (unpaired) electrons. The van der Waals surface area contributed by atoms with Crippen LogP contribution in [-0.2, 0) is 9.53 Å². The Balaban J connectivity index is 2.40. The molecule has 16 heavy (non-hydrogen) atoms. The average Bonchev–Trinajstić information content (AvgIpc) is 2.89. The molecule has 1 saturated heterocycles. The Morgan fingerprint density at radius 3 is 2.62 bits per heavy atom. The molecule has 7 nitrogen and oxygen atoms in total. The van der Waals surface area contributed by atoms with E-state index in [-0.39, 0.29) is 24.8 Å². The summed E-state index contributed by atoms with van der Waals surface area (Å²) < 4.78 is 4.79. The quantitative estimate of drug-likeness (QED) is 0.254. The van der Waals surface area contributed by atoms with E-state index in [1.807, 2.05) is 6.92 Å². The lowest BCUT2D eigenvalue weighted by molar-refractivity contribution is -0.130. The van der Waals surface area contributed by atoms with Crippen LogP contribution in [0.4, 0.5) is 0 Å². The first kappa shape index (κ1) is 12.9. The van der Waals surface area contributed by atoms with Crippen molar-refractivity contribution in [2.45, 2.75) is 25.6 Å². The van der Waals surface area contributed by atoms with Gasteiger partial charge in [-0.05, 0) is 6.92 Å². The van der Waals surface area contributed by atoms with Gasteiger partial charge < -0.3 is 14.7 Å². The number of rotatable bonds is 6. The van der Waals surface area contributed by atoms with Crippen LogP contribution in [0.3, 0.4) is 0 Å². The standard InChI is InChI=1S/C9H18N4O3/c1-6(11-8-9(15)16-8)13(10-2)5-7(14)12(3)4/h6,8-9,11,15H,2,5H2,1,3-4H3. The second-order valence-electron chi connectivity index (χ2n) is 3.82. The minimum atomic E-state index is -0.765. The van der Waals surface area contributed by atoms with Crippen molar-refractivity contribution in [2.24, 2.45) is 5.10 Å². The molecule has 0 aliphatic carbocycles. The van der Waals surface area contributed by atoms with Crippen LogP contribution >= 0.6 is 0 Å². The van der Waals surface area contributed by atoms with Gasteiger partial charge in [0.15, 0.2) is 12.5 Å². The SMILES string of the molecule is C=NN(CC(=O)N(C)C)C(C)NC1OC1O. The number of epoxide rings is 1. The Hall–Kier alpha value is -1.18. The van der Waals surface area contributed by atoms with Gasteiger partial charge in [-0.2, -0.15) is 5.10 Å². The van der Waals surface area contributed by atoms with E-state index in [4.69, 9.17) is 9.84 Å². The molecule has 0 aromatic heterocycles. The van der Waals surface area contributed by atoms with Gasteiger partial charge in [0, 0.05) is 20.8 Å². The zero-order valence-corrected chi connectivity index (χ0v) is 9.75. The molecule has 0 bridgehead atoms. The van der Waals surface area contributed by atoms with Crippen molar-refractivity contribution in [2.75, 3.05) is 20.6 Å². The third-order valence-electron chi connectivity index (χ3n) is 2.30. The number of hydrazone groups is 1. The van der Waals surface area contributed by atoms with Gasteiger partial charge in [0.1, 0.15) is 6.54 Å². The number of nitrogens with one attached hydrogen (secondary N) is 1. The van der Waals surface area contributed by atoms with Crippen molar-refractivity contribution in [1.82, 2.24) is 15.2 Å². The summed E-state index contributed by atoms with van der Waals surface area (Å²) in [6, 6.07) is 0. The maximum Gasteiger partial charge on any atom is 0.243 e. The minimum absolute atomic E-state index is 0.0710. The summed E-state index contributed by atoms with van der Waals surface area (Å²) in [6.45, 7) is 5.35. The second kappa shape index (κ2) is 5.24. The number of hydrogen-bond donors (Lipinski definition) is 2. The van der Waals surface area contributed by atoms with Crippen LogP contribution in [0, 0.1) is 0 Å².